The van der Waals surface area contributed by atoms with Crippen LogP contribution in [0.2, 0.25) is 0 Å². The molecule has 0 spiro atoms. The Morgan fingerprint density at radius 3 is 2.67 bits per heavy atom. The van der Waals surface area contributed by atoms with Crippen LogP contribution in [0.1, 0.15) is 25.8 Å². The minimum atomic E-state index is 0.533. The van der Waals surface area contributed by atoms with E-state index in [1.165, 1.54) is 22.6 Å². The average molecular weight is 491 g/mol. The maximum atomic E-state index is 12.5. The molecule has 1 aromatic carbocycles. The van der Waals surface area contributed by atoms with Gasteiger partial charge in [-0.3, -0.25) is 4.79 Å². The van der Waals surface area contributed by atoms with Gasteiger partial charge in [-0.15, -0.1) is 21.0 Å². The van der Waals surface area contributed by atoms with Gasteiger partial charge in [0.2, 0.25) is 6.41 Å². The first-order chi connectivity index (χ1) is 16.1. The first-order valence-electron chi connectivity index (χ1n) is 11.0. The molecule has 0 aromatic heterocycles. The highest BCUT2D eigenvalue weighted by molar-refractivity contribution is 8.02. The number of carbonyl (C=O) groups is 1. The Balaban J connectivity index is 0.000000981. The Hall–Kier alpha value is -2.21. The molecule has 33 heavy (non-hydrogen) atoms. The molecule has 8 heteroatoms. The summed E-state index contributed by atoms with van der Waals surface area (Å²) >= 11 is 1.76. The van der Waals surface area contributed by atoms with Crippen molar-refractivity contribution in [1.29, 1.82) is 0 Å². The number of rotatable bonds is 11. The highest BCUT2D eigenvalue weighted by Crippen LogP contribution is 2.25. The first kappa shape index (κ1) is 28.8. The van der Waals surface area contributed by atoms with Crippen molar-refractivity contribution in [2.45, 2.75) is 26.7 Å². The fourth-order valence-corrected chi connectivity index (χ4v) is 4.00. The first-order valence-corrected chi connectivity index (χ1v) is 12.6. The summed E-state index contributed by atoms with van der Waals surface area (Å²) in [6.07, 6.45) is 9.99. The zero-order chi connectivity index (χ0) is 24.3. The smallest absolute Gasteiger partial charge is 0.207 e. The van der Waals surface area contributed by atoms with Crippen molar-refractivity contribution in [3.63, 3.8) is 0 Å². The van der Waals surface area contributed by atoms with Crippen molar-refractivity contribution in [2.24, 2.45) is 4.99 Å². The van der Waals surface area contributed by atoms with E-state index in [4.69, 9.17) is 4.99 Å². The number of halogens is 1. The largest absolute Gasteiger partial charge is 0.359 e. The van der Waals surface area contributed by atoms with Crippen LogP contribution in [0.15, 0.2) is 76.7 Å². The van der Waals surface area contributed by atoms with Crippen molar-refractivity contribution in [3.8, 4) is 0 Å². The summed E-state index contributed by atoms with van der Waals surface area (Å²) in [4.78, 5) is 16.5. The lowest BCUT2D eigenvalue weighted by Gasteiger charge is -2.32. The summed E-state index contributed by atoms with van der Waals surface area (Å²) in [7, 11) is 4.69. The van der Waals surface area contributed by atoms with E-state index >= 15 is 0 Å². The van der Waals surface area contributed by atoms with E-state index in [0.717, 1.165) is 49.8 Å². The molecule has 2 rings (SSSR count). The normalized spacial score (nSPS) is 15.5. The van der Waals surface area contributed by atoms with Crippen LogP contribution in [-0.4, -0.2) is 49.6 Å². The number of benzene rings is 1. The molecule has 0 aliphatic carbocycles. The fraction of sp³-hybridized carbons (Fsp3) is 0.360. The van der Waals surface area contributed by atoms with Crippen molar-refractivity contribution < 1.29 is 9.18 Å². The third kappa shape index (κ3) is 12.0. The number of allylic oxidation sites excluding steroid dienone is 5. The molecule has 1 unspecified atom stereocenters. The third-order valence-electron chi connectivity index (χ3n) is 4.49. The minimum Gasteiger partial charge on any atom is -0.359 e. The van der Waals surface area contributed by atoms with Gasteiger partial charge in [-0.1, -0.05) is 30.3 Å². The Bertz CT molecular complexity index is 850. The maximum Gasteiger partial charge on any atom is 0.207 e. The number of hydrogen-bond donors (Lipinski definition) is 2. The molecular weight excluding hydrogens is 454 g/mol. The molecule has 0 fully saturated rings. The Kier molecular flexibility index (Phi) is 15.9. The molecule has 0 saturated heterocycles. The van der Waals surface area contributed by atoms with Gasteiger partial charge in [-0.25, -0.2) is 9.38 Å². The summed E-state index contributed by atoms with van der Waals surface area (Å²) in [5, 5.41) is 9.08. The van der Waals surface area contributed by atoms with E-state index in [1.54, 1.807) is 17.8 Å². The second-order valence-corrected chi connectivity index (χ2v) is 8.59. The lowest BCUT2D eigenvalue weighted by molar-refractivity contribution is -0.109. The Morgan fingerprint density at radius 2 is 2.09 bits per heavy atom. The standard InChI is InChI=1S/C22H29FN3PS.C3H7NO/c1-3-6-19(7-4-12-23)25-22-17-28-16-20(26(22)14-5-13-24-2)15-18-8-10-21(27)11-9-18;1-2-4-3-5/h3-4,6-12,16,24H,5,13-15,17,27H2,1-2H3;3H,2H2,1H3,(H,4,5)/b6-3-,12-4+,19-7+,25-22?;. The van der Waals surface area contributed by atoms with E-state index in [2.05, 4.69) is 54.4 Å². The molecule has 0 radical (unpaired) electrons. The molecule has 2 N–H and O–H groups in total. The van der Waals surface area contributed by atoms with Crippen LogP contribution >= 0.6 is 21.0 Å². The molecular formula is C25H36FN4OPS. The van der Waals surface area contributed by atoms with Crippen LogP contribution in [-0.2, 0) is 11.2 Å². The Morgan fingerprint density at radius 1 is 1.33 bits per heavy atom. The monoisotopic (exact) mass is 490 g/mol. The van der Waals surface area contributed by atoms with Crippen molar-refractivity contribution in [1.82, 2.24) is 15.5 Å². The molecule has 1 aliphatic rings. The highest BCUT2D eigenvalue weighted by Gasteiger charge is 2.20. The van der Waals surface area contributed by atoms with Gasteiger partial charge in [0.15, 0.2) is 0 Å². The quantitative estimate of drug-likeness (QED) is 0.210. The highest BCUT2D eigenvalue weighted by atomic mass is 32.2. The summed E-state index contributed by atoms with van der Waals surface area (Å²) in [6, 6.07) is 8.57. The number of nitrogens with zero attached hydrogens (tertiary/aromatic N) is 2. The van der Waals surface area contributed by atoms with Crippen LogP contribution in [0.4, 0.5) is 4.39 Å². The molecule has 0 saturated carbocycles. The van der Waals surface area contributed by atoms with E-state index in [1.807, 2.05) is 33.0 Å². The predicted molar refractivity (Wildman–Crippen MR) is 146 cm³/mol. The molecule has 5 nitrogen and oxygen atoms in total. The van der Waals surface area contributed by atoms with Crippen LogP contribution in [0, 0.1) is 0 Å². The summed E-state index contributed by atoms with van der Waals surface area (Å²) in [5.41, 5.74) is 3.28. The number of carbonyl (C=O) groups excluding carboxylic acids is 1. The van der Waals surface area contributed by atoms with E-state index in [0.29, 0.717) is 12.7 Å². The van der Waals surface area contributed by atoms with Gasteiger partial charge in [0.1, 0.15) is 5.84 Å². The van der Waals surface area contributed by atoms with E-state index in [9.17, 15) is 9.18 Å². The van der Waals surface area contributed by atoms with E-state index < -0.39 is 0 Å². The van der Waals surface area contributed by atoms with Gasteiger partial charge in [-0.05, 0) is 68.4 Å². The topological polar surface area (TPSA) is 56.7 Å². The Labute approximate surface area is 204 Å². The van der Waals surface area contributed by atoms with Crippen molar-refractivity contribution in [3.05, 3.63) is 77.3 Å². The van der Waals surface area contributed by atoms with Gasteiger partial charge in [0, 0.05) is 25.2 Å². The van der Waals surface area contributed by atoms with Crippen molar-refractivity contribution in [2.75, 3.05) is 32.4 Å². The number of nitrogens with one attached hydrogen (secondary N) is 2. The van der Waals surface area contributed by atoms with Gasteiger partial charge in [0.25, 0.3) is 0 Å². The van der Waals surface area contributed by atoms with E-state index in [-0.39, 0.29) is 0 Å². The lowest BCUT2D eigenvalue weighted by atomic mass is 10.1. The number of aliphatic imine (C=N–C) groups is 1. The molecule has 0 bridgehead atoms. The number of amidine groups is 1. The SMILES string of the molecule is CCNC=O.C\C=C/C(=C\C=C\F)N=C1CSC=C(Cc2ccc(P)cc2)N1CCCNC. The zero-order valence-corrected chi connectivity index (χ0v) is 21.7. The predicted octanol–water partition coefficient (Wildman–Crippen LogP) is 4.32. The number of hydrogen-bond acceptors (Lipinski definition) is 4. The molecule has 1 amide bonds. The summed E-state index contributed by atoms with van der Waals surface area (Å²) in [5.74, 6) is 1.82. The van der Waals surface area contributed by atoms with Gasteiger partial charge >= 0.3 is 0 Å². The van der Waals surface area contributed by atoms with Crippen LogP contribution in [0.3, 0.4) is 0 Å². The molecule has 180 valence electrons. The number of amides is 1. The minimum absolute atomic E-state index is 0.533. The fourth-order valence-electron chi connectivity index (χ4n) is 2.95. The maximum absolute atomic E-state index is 12.5. The average Bonchev–Trinajstić information content (AvgIpc) is 2.81. The zero-order valence-electron chi connectivity index (χ0n) is 19.8. The second-order valence-electron chi connectivity index (χ2n) is 7.06. The summed E-state index contributed by atoms with van der Waals surface area (Å²) in [6.45, 7) is 6.39. The van der Waals surface area contributed by atoms with Gasteiger partial charge in [-0.2, -0.15) is 0 Å². The number of thioether (sulfide) groups is 1. The van der Waals surface area contributed by atoms with Crippen LogP contribution < -0.4 is 15.9 Å². The van der Waals surface area contributed by atoms with Crippen LogP contribution in [0.25, 0.3) is 0 Å². The molecule has 1 atom stereocenters. The van der Waals surface area contributed by atoms with Crippen LogP contribution in [0.5, 0.6) is 0 Å². The molecule has 1 aromatic rings. The molecule has 1 heterocycles. The van der Waals surface area contributed by atoms with Gasteiger partial charge < -0.3 is 15.5 Å². The second kappa shape index (κ2) is 18.2. The van der Waals surface area contributed by atoms with Gasteiger partial charge in [0.05, 0.1) is 17.8 Å². The third-order valence-corrected chi connectivity index (χ3v) is 5.73. The van der Waals surface area contributed by atoms with Crippen molar-refractivity contribution >= 4 is 38.6 Å². The summed E-state index contributed by atoms with van der Waals surface area (Å²) < 4.78 is 12.5. The molecule has 1 aliphatic heterocycles. The lowest BCUT2D eigenvalue weighted by Crippen LogP contribution is -2.36.